The monoisotopic (exact) mass is 530 g/mol. The fourth-order valence-electron chi connectivity index (χ4n) is 4.85. The summed E-state index contributed by atoms with van der Waals surface area (Å²) in [6.07, 6.45) is 6.41. The van der Waals surface area contributed by atoms with Gasteiger partial charge in [0.1, 0.15) is 5.76 Å². The third-order valence-corrected chi connectivity index (χ3v) is 6.90. The predicted octanol–water partition coefficient (Wildman–Crippen LogP) is 2.91. The van der Waals surface area contributed by atoms with E-state index in [0.717, 1.165) is 62.1 Å². The minimum absolute atomic E-state index is 0. The number of aromatic nitrogens is 1. The highest BCUT2D eigenvalue weighted by Gasteiger charge is 2.38. The van der Waals surface area contributed by atoms with Gasteiger partial charge in [0.2, 0.25) is 5.89 Å². The summed E-state index contributed by atoms with van der Waals surface area (Å²) < 4.78 is 5.74. The molecule has 30 heavy (non-hydrogen) atoms. The van der Waals surface area contributed by atoms with Gasteiger partial charge in [0, 0.05) is 38.3 Å². The zero-order valence-electron chi connectivity index (χ0n) is 19.0. The molecule has 2 N–H and O–H groups in total. The standard InChI is InChI=1S/C22H38N6O.HI/c1-15-11-19(13-28(15)20-5-6-20)26-22(23-4)24-12-18-7-9-27(10-8-18)14-21-25-16(2)17(3)29-21;/h15,18-20H,5-14H2,1-4H3,(H2,23,24,26);1H. The van der Waals surface area contributed by atoms with E-state index < -0.39 is 0 Å². The van der Waals surface area contributed by atoms with Gasteiger partial charge in [-0.25, -0.2) is 4.98 Å². The second kappa shape index (κ2) is 10.6. The highest BCUT2D eigenvalue weighted by atomic mass is 127. The molecule has 1 saturated carbocycles. The molecule has 0 radical (unpaired) electrons. The van der Waals surface area contributed by atoms with Crippen LogP contribution in [-0.4, -0.2) is 72.1 Å². The summed E-state index contributed by atoms with van der Waals surface area (Å²) in [4.78, 5) is 14.1. The Morgan fingerprint density at radius 3 is 2.53 bits per heavy atom. The Hall–Kier alpha value is -0.870. The Morgan fingerprint density at radius 1 is 1.20 bits per heavy atom. The molecule has 3 aliphatic rings. The number of aliphatic imine (C=N–C) groups is 1. The average molecular weight is 530 g/mol. The SMILES string of the molecule is CN=C(NCC1CCN(Cc2nc(C)c(C)o2)CC1)NC1CC(C)N(C2CC2)C1.I. The van der Waals surface area contributed by atoms with Crippen LogP contribution in [0.15, 0.2) is 9.41 Å². The molecule has 2 aliphatic heterocycles. The maximum atomic E-state index is 5.74. The molecule has 2 atom stereocenters. The first-order valence-corrected chi connectivity index (χ1v) is 11.4. The van der Waals surface area contributed by atoms with Crippen molar-refractivity contribution in [3.8, 4) is 0 Å². The van der Waals surface area contributed by atoms with Crippen molar-refractivity contribution in [3.63, 3.8) is 0 Å². The number of guanidine groups is 1. The molecule has 0 bridgehead atoms. The second-order valence-electron chi connectivity index (χ2n) is 9.28. The van der Waals surface area contributed by atoms with Crippen LogP contribution in [0.4, 0.5) is 0 Å². The van der Waals surface area contributed by atoms with Crippen molar-refractivity contribution in [2.75, 3.05) is 33.2 Å². The summed E-state index contributed by atoms with van der Waals surface area (Å²) in [6, 6.07) is 2.06. The van der Waals surface area contributed by atoms with Crippen LogP contribution in [0.3, 0.4) is 0 Å². The number of hydrogen-bond donors (Lipinski definition) is 2. The number of nitrogens with zero attached hydrogens (tertiary/aromatic N) is 4. The van der Waals surface area contributed by atoms with E-state index in [2.05, 4.69) is 37.3 Å². The summed E-state index contributed by atoms with van der Waals surface area (Å²) >= 11 is 0. The van der Waals surface area contributed by atoms with Crippen molar-refractivity contribution >= 4 is 29.9 Å². The zero-order valence-corrected chi connectivity index (χ0v) is 21.3. The van der Waals surface area contributed by atoms with Crippen molar-refractivity contribution in [3.05, 3.63) is 17.3 Å². The topological polar surface area (TPSA) is 68.9 Å². The number of hydrogen-bond acceptors (Lipinski definition) is 5. The highest BCUT2D eigenvalue weighted by Crippen LogP contribution is 2.33. The molecule has 2 saturated heterocycles. The van der Waals surface area contributed by atoms with Gasteiger partial charge in [-0.05, 0) is 71.9 Å². The van der Waals surface area contributed by atoms with Crippen molar-refractivity contribution in [2.45, 2.75) is 77.5 Å². The van der Waals surface area contributed by atoms with Crippen LogP contribution >= 0.6 is 24.0 Å². The van der Waals surface area contributed by atoms with Gasteiger partial charge in [-0.15, -0.1) is 24.0 Å². The number of oxazole rings is 1. The van der Waals surface area contributed by atoms with E-state index in [9.17, 15) is 0 Å². The fourth-order valence-corrected chi connectivity index (χ4v) is 4.85. The molecule has 170 valence electrons. The number of rotatable bonds is 6. The number of aryl methyl sites for hydroxylation is 2. The van der Waals surface area contributed by atoms with E-state index in [-0.39, 0.29) is 24.0 Å². The summed E-state index contributed by atoms with van der Waals surface area (Å²) in [5.74, 6) is 3.46. The summed E-state index contributed by atoms with van der Waals surface area (Å²) in [6.45, 7) is 11.6. The number of likely N-dealkylation sites (tertiary alicyclic amines) is 2. The quantitative estimate of drug-likeness (QED) is 0.335. The fraction of sp³-hybridized carbons (Fsp3) is 0.818. The molecule has 0 aromatic carbocycles. The molecule has 4 rings (SSSR count). The Balaban J connectivity index is 0.00000256. The minimum Gasteiger partial charge on any atom is -0.444 e. The molecule has 3 fully saturated rings. The molecule has 3 heterocycles. The van der Waals surface area contributed by atoms with Crippen LogP contribution in [-0.2, 0) is 6.54 Å². The Bertz CT molecular complexity index is 691. The van der Waals surface area contributed by atoms with E-state index in [1.165, 1.54) is 32.1 Å². The predicted molar refractivity (Wildman–Crippen MR) is 131 cm³/mol. The van der Waals surface area contributed by atoms with Gasteiger partial charge in [0.05, 0.1) is 12.2 Å². The van der Waals surface area contributed by atoms with Crippen molar-refractivity contribution in [1.29, 1.82) is 0 Å². The molecule has 1 aliphatic carbocycles. The molecule has 1 aromatic heterocycles. The Morgan fingerprint density at radius 2 is 1.93 bits per heavy atom. The minimum atomic E-state index is 0. The smallest absolute Gasteiger partial charge is 0.208 e. The molecule has 2 unspecified atom stereocenters. The first kappa shape index (κ1) is 23.8. The van der Waals surface area contributed by atoms with E-state index in [1.54, 1.807) is 0 Å². The third-order valence-electron chi connectivity index (χ3n) is 6.90. The Kier molecular flexibility index (Phi) is 8.43. The zero-order chi connectivity index (χ0) is 20.4. The van der Waals surface area contributed by atoms with Gasteiger partial charge < -0.3 is 15.1 Å². The lowest BCUT2D eigenvalue weighted by Gasteiger charge is -2.31. The number of halogens is 1. The van der Waals surface area contributed by atoms with E-state index in [0.29, 0.717) is 18.0 Å². The average Bonchev–Trinajstić information content (AvgIpc) is 3.41. The first-order chi connectivity index (χ1) is 14.0. The summed E-state index contributed by atoms with van der Waals surface area (Å²) in [5, 5.41) is 7.25. The molecular weight excluding hydrogens is 491 g/mol. The van der Waals surface area contributed by atoms with Gasteiger partial charge in [0.25, 0.3) is 0 Å². The first-order valence-electron chi connectivity index (χ1n) is 11.4. The summed E-state index contributed by atoms with van der Waals surface area (Å²) in [7, 11) is 1.88. The van der Waals surface area contributed by atoms with Crippen LogP contribution in [0.5, 0.6) is 0 Å². The van der Waals surface area contributed by atoms with E-state index in [1.807, 2.05) is 20.9 Å². The lowest BCUT2D eigenvalue weighted by Crippen LogP contribution is -2.47. The van der Waals surface area contributed by atoms with E-state index in [4.69, 9.17) is 4.42 Å². The molecule has 0 spiro atoms. The number of nitrogens with one attached hydrogen (secondary N) is 2. The number of piperidine rings is 1. The molecule has 7 nitrogen and oxygen atoms in total. The molecule has 8 heteroatoms. The normalized spacial score (nSPS) is 26.6. The van der Waals surface area contributed by atoms with Gasteiger partial charge in [-0.1, -0.05) is 0 Å². The van der Waals surface area contributed by atoms with Crippen molar-refractivity contribution in [1.82, 2.24) is 25.4 Å². The maximum absolute atomic E-state index is 5.74. The molecular formula is C22H39IN6O. The second-order valence-corrected chi connectivity index (χ2v) is 9.28. The van der Waals surface area contributed by atoms with Gasteiger partial charge in [0.15, 0.2) is 5.96 Å². The lowest BCUT2D eigenvalue weighted by atomic mass is 9.97. The maximum Gasteiger partial charge on any atom is 0.208 e. The van der Waals surface area contributed by atoms with Gasteiger partial charge in [-0.3, -0.25) is 14.8 Å². The van der Waals surface area contributed by atoms with Crippen LogP contribution in [0.1, 0.15) is 56.4 Å². The van der Waals surface area contributed by atoms with Crippen molar-refractivity contribution in [2.24, 2.45) is 10.9 Å². The van der Waals surface area contributed by atoms with Crippen LogP contribution < -0.4 is 10.6 Å². The van der Waals surface area contributed by atoms with Crippen LogP contribution in [0.2, 0.25) is 0 Å². The van der Waals surface area contributed by atoms with Crippen LogP contribution in [0.25, 0.3) is 0 Å². The Labute approximate surface area is 198 Å². The van der Waals surface area contributed by atoms with Crippen LogP contribution in [0, 0.1) is 19.8 Å². The van der Waals surface area contributed by atoms with E-state index >= 15 is 0 Å². The molecule has 0 amide bonds. The summed E-state index contributed by atoms with van der Waals surface area (Å²) in [5.41, 5.74) is 1.01. The third kappa shape index (κ3) is 6.09. The lowest BCUT2D eigenvalue weighted by molar-refractivity contribution is 0.164. The van der Waals surface area contributed by atoms with Gasteiger partial charge >= 0.3 is 0 Å². The highest BCUT2D eigenvalue weighted by molar-refractivity contribution is 14.0. The largest absolute Gasteiger partial charge is 0.444 e. The van der Waals surface area contributed by atoms with Crippen molar-refractivity contribution < 1.29 is 4.42 Å². The molecule has 1 aromatic rings. The van der Waals surface area contributed by atoms with Gasteiger partial charge in [-0.2, -0.15) is 0 Å².